The molecule has 0 fully saturated rings. The van der Waals surface area contributed by atoms with Crippen LogP contribution in [0, 0.1) is 12.8 Å². The number of amides is 1. The van der Waals surface area contributed by atoms with Crippen molar-refractivity contribution in [2.75, 3.05) is 6.61 Å². The van der Waals surface area contributed by atoms with Crippen LogP contribution < -0.4 is 10.2 Å². The summed E-state index contributed by atoms with van der Waals surface area (Å²) in [6, 6.07) is 7.59. The van der Waals surface area contributed by atoms with Gasteiger partial charge in [0.15, 0.2) is 6.61 Å². The number of nitrogens with one attached hydrogen (secondary N) is 1. The van der Waals surface area contributed by atoms with Crippen LogP contribution in [-0.4, -0.2) is 18.2 Å². The molecule has 2 rings (SSSR count). The van der Waals surface area contributed by atoms with Crippen molar-refractivity contribution in [1.29, 1.82) is 0 Å². The molecule has 0 bridgehead atoms. The minimum absolute atomic E-state index is 0.0491. The molecular weight excluding hydrogens is 288 g/mol. The molecule has 0 unspecified atom stereocenters. The Hall–Kier alpha value is -2.36. The van der Waals surface area contributed by atoms with Gasteiger partial charge in [-0.3, -0.25) is 4.79 Å². The maximum atomic E-state index is 11.9. The molecule has 0 saturated heterocycles. The molecule has 4 nitrogen and oxygen atoms in total. The molecule has 0 aliphatic heterocycles. The molecular formula is C19H24N2O2. The lowest BCUT2D eigenvalue weighted by Crippen LogP contribution is -2.27. The monoisotopic (exact) mass is 312 g/mol. The summed E-state index contributed by atoms with van der Waals surface area (Å²) in [5.41, 5.74) is 6.90. The van der Waals surface area contributed by atoms with Gasteiger partial charge in [-0.05, 0) is 57.2 Å². The molecule has 1 amide bonds. The maximum absolute atomic E-state index is 11.9. The molecule has 1 aromatic carbocycles. The van der Waals surface area contributed by atoms with Crippen LogP contribution in [0.25, 0.3) is 0 Å². The number of carbonyl (C=O) groups excluding carboxylic acids is 1. The highest BCUT2D eigenvalue weighted by molar-refractivity contribution is 6.01. The van der Waals surface area contributed by atoms with Gasteiger partial charge >= 0.3 is 0 Å². The van der Waals surface area contributed by atoms with Gasteiger partial charge in [-0.1, -0.05) is 35.9 Å². The third-order valence-corrected chi connectivity index (χ3v) is 4.01. The summed E-state index contributed by atoms with van der Waals surface area (Å²) < 4.78 is 5.44. The summed E-state index contributed by atoms with van der Waals surface area (Å²) in [6.07, 6.45) is 3.96. The van der Waals surface area contributed by atoms with Gasteiger partial charge in [-0.15, -0.1) is 0 Å². The van der Waals surface area contributed by atoms with E-state index in [0.29, 0.717) is 11.7 Å². The Morgan fingerprint density at radius 3 is 2.70 bits per heavy atom. The number of nitrogens with zero attached hydrogens (tertiary/aromatic N) is 1. The second-order valence-electron chi connectivity index (χ2n) is 6.07. The van der Waals surface area contributed by atoms with Crippen molar-refractivity contribution in [3.8, 4) is 5.75 Å². The standard InChI is InChI=1S/C19H24N2O2/c1-13(2)16-8-7-15(4)18(11-16)20-21-19(22)12-23-17-9-5-14(3)6-10-17/h5-7,9-10,16H,1,8,11-12H2,2-4H3,(H,21,22)/b20-18+/t16-/m1/s1. The summed E-state index contributed by atoms with van der Waals surface area (Å²) in [7, 11) is 0. The molecule has 0 heterocycles. The smallest absolute Gasteiger partial charge is 0.277 e. The van der Waals surface area contributed by atoms with E-state index in [2.05, 4.69) is 23.2 Å². The number of hydrogen-bond donors (Lipinski definition) is 1. The number of aryl methyl sites for hydroxylation is 1. The Labute approximate surface area is 137 Å². The zero-order chi connectivity index (χ0) is 16.8. The third-order valence-electron chi connectivity index (χ3n) is 4.01. The molecule has 1 aliphatic carbocycles. The van der Waals surface area contributed by atoms with E-state index in [1.807, 2.05) is 45.0 Å². The summed E-state index contributed by atoms with van der Waals surface area (Å²) in [5, 5.41) is 4.25. The molecule has 122 valence electrons. The van der Waals surface area contributed by atoms with Gasteiger partial charge in [-0.25, -0.2) is 5.43 Å². The number of carbonyl (C=O) groups is 1. The molecule has 0 spiro atoms. The normalized spacial score (nSPS) is 19.2. The van der Waals surface area contributed by atoms with Gasteiger partial charge in [0.2, 0.25) is 0 Å². The van der Waals surface area contributed by atoms with E-state index in [0.717, 1.165) is 35.3 Å². The van der Waals surface area contributed by atoms with Crippen LogP contribution in [0.1, 0.15) is 32.3 Å². The van der Waals surface area contributed by atoms with Crippen molar-refractivity contribution in [2.24, 2.45) is 11.0 Å². The lowest BCUT2D eigenvalue weighted by atomic mass is 9.85. The Morgan fingerprint density at radius 2 is 2.04 bits per heavy atom. The maximum Gasteiger partial charge on any atom is 0.277 e. The first-order chi connectivity index (χ1) is 11.0. The summed E-state index contributed by atoms with van der Waals surface area (Å²) in [5.74, 6) is 0.816. The van der Waals surface area contributed by atoms with Gasteiger partial charge in [0.25, 0.3) is 5.91 Å². The van der Waals surface area contributed by atoms with Crippen LogP contribution in [0.3, 0.4) is 0 Å². The highest BCUT2D eigenvalue weighted by Gasteiger charge is 2.18. The predicted octanol–water partition coefficient (Wildman–Crippen LogP) is 3.78. The second kappa shape index (κ2) is 7.77. The van der Waals surface area contributed by atoms with Gasteiger partial charge < -0.3 is 4.74 Å². The quantitative estimate of drug-likeness (QED) is 0.664. The summed E-state index contributed by atoms with van der Waals surface area (Å²) in [4.78, 5) is 11.9. The van der Waals surface area contributed by atoms with Crippen molar-refractivity contribution in [3.63, 3.8) is 0 Å². The summed E-state index contributed by atoms with van der Waals surface area (Å²) in [6.45, 7) is 10.0. The van der Waals surface area contributed by atoms with E-state index in [-0.39, 0.29) is 12.5 Å². The molecule has 23 heavy (non-hydrogen) atoms. The number of hydrazone groups is 1. The molecule has 1 N–H and O–H groups in total. The van der Waals surface area contributed by atoms with Gasteiger partial charge in [-0.2, -0.15) is 5.10 Å². The highest BCUT2D eigenvalue weighted by Crippen LogP contribution is 2.26. The fraction of sp³-hybridized carbons (Fsp3) is 0.368. The topological polar surface area (TPSA) is 50.7 Å². The van der Waals surface area contributed by atoms with Crippen LogP contribution in [0.15, 0.2) is 53.2 Å². The minimum atomic E-state index is -0.261. The highest BCUT2D eigenvalue weighted by atomic mass is 16.5. The van der Waals surface area contributed by atoms with E-state index in [4.69, 9.17) is 4.74 Å². The zero-order valence-corrected chi connectivity index (χ0v) is 14.1. The van der Waals surface area contributed by atoms with Crippen LogP contribution in [-0.2, 0) is 4.79 Å². The number of ether oxygens (including phenoxy) is 1. The SMILES string of the molecule is C=C(C)[C@@H]1CC=C(C)/C(=N/NC(=O)COc2ccc(C)cc2)C1. The van der Waals surface area contributed by atoms with Gasteiger partial charge in [0.05, 0.1) is 5.71 Å². The Balaban J connectivity index is 1.87. The number of benzene rings is 1. The third kappa shape index (κ3) is 5.09. The number of allylic oxidation sites excluding steroid dienone is 3. The molecule has 0 aromatic heterocycles. The molecule has 4 heteroatoms. The van der Waals surface area contributed by atoms with E-state index >= 15 is 0 Å². The Morgan fingerprint density at radius 1 is 1.35 bits per heavy atom. The van der Waals surface area contributed by atoms with Crippen LogP contribution in [0.4, 0.5) is 0 Å². The first-order valence-electron chi connectivity index (χ1n) is 7.83. The van der Waals surface area contributed by atoms with Crippen molar-refractivity contribution >= 4 is 11.6 Å². The number of rotatable bonds is 5. The fourth-order valence-corrected chi connectivity index (χ4v) is 2.37. The first-order valence-corrected chi connectivity index (χ1v) is 7.83. The Bertz CT molecular complexity index is 642. The first kappa shape index (κ1) is 17.0. The van der Waals surface area contributed by atoms with Crippen molar-refractivity contribution in [1.82, 2.24) is 5.43 Å². The van der Waals surface area contributed by atoms with Crippen molar-refractivity contribution in [3.05, 3.63) is 53.6 Å². The molecule has 1 aromatic rings. The average molecular weight is 312 g/mol. The van der Waals surface area contributed by atoms with Crippen molar-refractivity contribution in [2.45, 2.75) is 33.6 Å². The fourth-order valence-electron chi connectivity index (χ4n) is 2.37. The molecule has 0 radical (unpaired) electrons. The van der Waals surface area contributed by atoms with E-state index in [1.54, 1.807) is 0 Å². The summed E-state index contributed by atoms with van der Waals surface area (Å²) >= 11 is 0. The predicted molar refractivity (Wildman–Crippen MR) is 93.5 cm³/mol. The van der Waals surface area contributed by atoms with E-state index < -0.39 is 0 Å². The average Bonchev–Trinajstić information content (AvgIpc) is 2.53. The second-order valence-corrected chi connectivity index (χ2v) is 6.07. The zero-order valence-electron chi connectivity index (χ0n) is 14.1. The Kier molecular flexibility index (Phi) is 5.74. The lowest BCUT2D eigenvalue weighted by molar-refractivity contribution is -0.123. The largest absolute Gasteiger partial charge is 0.484 e. The van der Waals surface area contributed by atoms with Crippen LogP contribution in [0.5, 0.6) is 5.75 Å². The lowest BCUT2D eigenvalue weighted by Gasteiger charge is -2.22. The molecule has 1 aliphatic rings. The van der Waals surface area contributed by atoms with E-state index in [9.17, 15) is 4.79 Å². The van der Waals surface area contributed by atoms with Crippen LogP contribution in [0.2, 0.25) is 0 Å². The van der Waals surface area contributed by atoms with Gasteiger partial charge in [0.1, 0.15) is 5.75 Å². The number of hydrogen-bond acceptors (Lipinski definition) is 3. The van der Waals surface area contributed by atoms with Crippen LogP contribution >= 0.6 is 0 Å². The molecule has 1 atom stereocenters. The van der Waals surface area contributed by atoms with E-state index in [1.165, 1.54) is 0 Å². The van der Waals surface area contributed by atoms with Crippen molar-refractivity contribution < 1.29 is 9.53 Å². The minimum Gasteiger partial charge on any atom is -0.484 e. The van der Waals surface area contributed by atoms with Gasteiger partial charge in [0, 0.05) is 0 Å². The molecule has 0 saturated carbocycles.